The van der Waals surface area contributed by atoms with Gasteiger partial charge in [-0.05, 0) is 19.1 Å². The lowest BCUT2D eigenvalue weighted by atomic mass is 10.2. The maximum Gasteiger partial charge on any atom is 0.321 e. The lowest BCUT2D eigenvalue weighted by molar-refractivity contribution is -0.119. The predicted octanol–water partition coefficient (Wildman–Crippen LogP) is 0.870. The summed E-state index contributed by atoms with van der Waals surface area (Å²) in [5.41, 5.74) is 0.402. The number of nitrogens with zero attached hydrogens (tertiary/aromatic N) is 2. The summed E-state index contributed by atoms with van der Waals surface area (Å²) >= 11 is 1.12. The van der Waals surface area contributed by atoms with E-state index in [-0.39, 0.29) is 5.56 Å². The van der Waals surface area contributed by atoms with Gasteiger partial charge in [-0.1, -0.05) is 23.9 Å². The van der Waals surface area contributed by atoms with Gasteiger partial charge >= 0.3 is 6.03 Å². The summed E-state index contributed by atoms with van der Waals surface area (Å²) in [4.78, 5) is 39.7. The number of aromatic nitrogens is 2. The first-order chi connectivity index (χ1) is 10.4. The SMILES string of the molecule is CNC(=O)NC(=O)[C@@H](C)Sc1nc2ccccc2c(=O)n1C. The van der Waals surface area contributed by atoms with Crippen LogP contribution in [0.15, 0.2) is 34.2 Å². The van der Waals surface area contributed by atoms with E-state index in [1.807, 2.05) is 0 Å². The fraction of sp³-hybridized carbons (Fsp3) is 0.286. The standard InChI is InChI=1S/C14H16N4O3S/c1-8(11(19)17-13(21)15-2)22-14-16-10-7-5-4-6-9(10)12(20)18(14)3/h4-8H,1-3H3,(H2,15,17,19,21)/t8-/m1/s1. The number of thioether (sulfide) groups is 1. The van der Waals surface area contributed by atoms with Gasteiger partial charge in [0.15, 0.2) is 5.16 Å². The molecule has 1 aromatic carbocycles. The Kier molecular flexibility index (Phi) is 4.81. The molecule has 0 radical (unpaired) electrons. The number of hydrogen-bond acceptors (Lipinski definition) is 5. The number of urea groups is 1. The first kappa shape index (κ1) is 16.0. The van der Waals surface area contributed by atoms with Gasteiger partial charge in [0.2, 0.25) is 5.91 Å². The van der Waals surface area contributed by atoms with Crippen molar-refractivity contribution in [2.45, 2.75) is 17.3 Å². The van der Waals surface area contributed by atoms with Crippen LogP contribution in [0.3, 0.4) is 0 Å². The summed E-state index contributed by atoms with van der Waals surface area (Å²) < 4.78 is 1.40. The molecule has 0 fully saturated rings. The highest BCUT2D eigenvalue weighted by molar-refractivity contribution is 8.00. The van der Waals surface area contributed by atoms with Gasteiger partial charge < -0.3 is 5.32 Å². The average Bonchev–Trinajstić information content (AvgIpc) is 2.52. The highest BCUT2D eigenvalue weighted by Gasteiger charge is 2.19. The first-order valence-electron chi connectivity index (χ1n) is 6.59. The number of rotatable bonds is 3. The van der Waals surface area contributed by atoms with Gasteiger partial charge in [0, 0.05) is 14.1 Å². The molecule has 2 N–H and O–H groups in total. The fourth-order valence-corrected chi connectivity index (χ4v) is 2.66. The number of benzene rings is 1. The minimum Gasteiger partial charge on any atom is -0.341 e. The molecule has 1 aromatic heterocycles. The second-order valence-electron chi connectivity index (χ2n) is 4.60. The Labute approximate surface area is 131 Å². The Morgan fingerprint density at radius 3 is 2.68 bits per heavy atom. The van der Waals surface area contributed by atoms with E-state index < -0.39 is 17.2 Å². The molecule has 0 aliphatic carbocycles. The van der Waals surface area contributed by atoms with Gasteiger partial charge in [0.25, 0.3) is 5.56 Å². The molecular weight excluding hydrogens is 304 g/mol. The van der Waals surface area contributed by atoms with Crippen molar-refractivity contribution in [3.05, 3.63) is 34.6 Å². The largest absolute Gasteiger partial charge is 0.341 e. The molecule has 22 heavy (non-hydrogen) atoms. The smallest absolute Gasteiger partial charge is 0.321 e. The molecule has 0 aliphatic rings. The van der Waals surface area contributed by atoms with Crippen molar-refractivity contribution in [2.24, 2.45) is 7.05 Å². The number of amides is 3. The monoisotopic (exact) mass is 320 g/mol. The van der Waals surface area contributed by atoms with Crippen molar-refractivity contribution in [1.82, 2.24) is 20.2 Å². The van der Waals surface area contributed by atoms with Gasteiger partial charge in [-0.2, -0.15) is 0 Å². The predicted molar refractivity (Wildman–Crippen MR) is 84.9 cm³/mol. The van der Waals surface area contributed by atoms with Crippen molar-refractivity contribution in [3.8, 4) is 0 Å². The maximum absolute atomic E-state index is 12.3. The average molecular weight is 320 g/mol. The summed E-state index contributed by atoms with van der Waals surface area (Å²) in [5.74, 6) is -0.452. The zero-order valence-electron chi connectivity index (χ0n) is 12.4. The summed E-state index contributed by atoms with van der Waals surface area (Å²) in [7, 11) is 3.03. The number of hydrogen-bond donors (Lipinski definition) is 2. The molecule has 0 unspecified atom stereocenters. The van der Waals surface area contributed by atoms with E-state index in [1.54, 1.807) is 38.2 Å². The molecule has 7 nitrogen and oxygen atoms in total. The third-order valence-electron chi connectivity index (χ3n) is 3.06. The Hall–Kier alpha value is -2.35. The molecule has 8 heteroatoms. The van der Waals surface area contributed by atoms with Crippen molar-refractivity contribution in [1.29, 1.82) is 0 Å². The minimum absolute atomic E-state index is 0.174. The lowest BCUT2D eigenvalue weighted by Gasteiger charge is -2.13. The molecule has 0 saturated heterocycles. The molecular formula is C14H16N4O3S. The topological polar surface area (TPSA) is 93.1 Å². The van der Waals surface area contributed by atoms with E-state index in [4.69, 9.17) is 0 Å². The van der Waals surface area contributed by atoms with Crippen molar-refractivity contribution >= 4 is 34.6 Å². The molecule has 1 heterocycles. The molecule has 0 saturated carbocycles. The molecule has 0 bridgehead atoms. The van der Waals surface area contributed by atoms with Gasteiger partial charge in [-0.3, -0.25) is 19.5 Å². The van der Waals surface area contributed by atoms with E-state index in [9.17, 15) is 14.4 Å². The molecule has 2 rings (SSSR count). The number of carbonyl (C=O) groups is 2. The second kappa shape index (κ2) is 6.61. The molecule has 0 spiro atoms. The third kappa shape index (κ3) is 3.28. The molecule has 116 valence electrons. The number of fused-ring (bicyclic) bond motifs is 1. The fourth-order valence-electron chi connectivity index (χ4n) is 1.79. The van der Waals surface area contributed by atoms with Crippen LogP contribution < -0.4 is 16.2 Å². The van der Waals surface area contributed by atoms with E-state index >= 15 is 0 Å². The summed E-state index contributed by atoms with van der Waals surface area (Å²) in [6.45, 7) is 1.64. The first-order valence-corrected chi connectivity index (χ1v) is 7.47. The number of para-hydroxylation sites is 1. The Balaban J connectivity index is 2.28. The van der Waals surface area contributed by atoms with Crippen molar-refractivity contribution < 1.29 is 9.59 Å². The van der Waals surface area contributed by atoms with Gasteiger partial charge in [-0.15, -0.1) is 0 Å². The highest BCUT2D eigenvalue weighted by Crippen LogP contribution is 2.21. The second-order valence-corrected chi connectivity index (χ2v) is 5.91. The van der Waals surface area contributed by atoms with Crippen LogP contribution in [0, 0.1) is 0 Å². The van der Waals surface area contributed by atoms with E-state index in [1.165, 1.54) is 11.6 Å². The van der Waals surface area contributed by atoms with Gasteiger partial charge in [0.05, 0.1) is 16.2 Å². The molecule has 3 amide bonds. The van der Waals surface area contributed by atoms with Crippen LogP contribution in [0.5, 0.6) is 0 Å². The normalized spacial score (nSPS) is 12.0. The lowest BCUT2D eigenvalue weighted by Crippen LogP contribution is -2.41. The zero-order chi connectivity index (χ0) is 16.3. The maximum atomic E-state index is 12.3. The van der Waals surface area contributed by atoms with E-state index in [0.717, 1.165) is 11.8 Å². The summed E-state index contributed by atoms with van der Waals surface area (Å²) in [5, 5.41) is 4.88. The summed E-state index contributed by atoms with van der Waals surface area (Å²) in [6, 6.07) is 6.46. The summed E-state index contributed by atoms with van der Waals surface area (Å²) in [6.07, 6.45) is 0. The molecule has 2 aromatic rings. The number of imide groups is 1. The Morgan fingerprint density at radius 2 is 2.00 bits per heavy atom. The van der Waals surface area contributed by atoms with E-state index in [2.05, 4.69) is 15.6 Å². The van der Waals surface area contributed by atoms with Crippen LogP contribution in [-0.4, -0.2) is 33.8 Å². The van der Waals surface area contributed by atoms with Crippen molar-refractivity contribution in [2.75, 3.05) is 7.05 Å². The molecule has 1 atom stereocenters. The van der Waals surface area contributed by atoms with Gasteiger partial charge in [0.1, 0.15) is 0 Å². The van der Waals surface area contributed by atoms with Crippen molar-refractivity contribution in [3.63, 3.8) is 0 Å². The van der Waals surface area contributed by atoms with Crippen LogP contribution in [0.4, 0.5) is 4.79 Å². The van der Waals surface area contributed by atoms with E-state index in [0.29, 0.717) is 16.1 Å². The van der Waals surface area contributed by atoms with Crippen LogP contribution >= 0.6 is 11.8 Å². The Bertz CT molecular complexity index is 787. The highest BCUT2D eigenvalue weighted by atomic mass is 32.2. The number of nitrogens with one attached hydrogen (secondary N) is 2. The van der Waals surface area contributed by atoms with Crippen LogP contribution in [0.25, 0.3) is 10.9 Å². The van der Waals surface area contributed by atoms with Crippen LogP contribution in [-0.2, 0) is 11.8 Å². The third-order valence-corrected chi connectivity index (χ3v) is 4.20. The number of carbonyl (C=O) groups excluding carboxylic acids is 2. The molecule has 0 aliphatic heterocycles. The van der Waals surface area contributed by atoms with Crippen LogP contribution in [0.2, 0.25) is 0 Å². The minimum atomic E-state index is -0.573. The quantitative estimate of drug-likeness (QED) is 0.646. The van der Waals surface area contributed by atoms with Gasteiger partial charge in [-0.25, -0.2) is 9.78 Å². The zero-order valence-corrected chi connectivity index (χ0v) is 13.2. The van der Waals surface area contributed by atoms with Crippen LogP contribution in [0.1, 0.15) is 6.92 Å². The Morgan fingerprint density at radius 1 is 1.32 bits per heavy atom.